The molecule has 0 fully saturated rings. The number of benzene rings is 1. The van der Waals surface area contributed by atoms with Gasteiger partial charge in [0.2, 0.25) is 0 Å². The van der Waals surface area contributed by atoms with E-state index in [4.69, 9.17) is 4.74 Å². The van der Waals surface area contributed by atoms with Crippen LogP contribution in [0.5, 0.6) is 5.75 Å². The maximum Gasteiger partial charge on any atom is 0.122 e. The predicted octanol–water partition coefficient (Wildman–Crippen LogP) is 4.40. The molecular weight excluding hydrogens is 234 g/mol. The zero-order chi connectivity index (χ0) is 14.1. The average molecular weight is 261 g/mol. The Morgan fingerprint density at radius 2 is 2.11 bits per heavy atom. The van der Waals surface area contributed by atoms with Gasteiger partial charge in [0.05, 0.1) is 7.11 Å². The molecule has 0 aromatic heterocycles. The normalized spacial score (nSPS) is 12.2. The second kappa shape index (κ2) is 8.76. The first-order valence-corrected chi connectivity index (χ1v) is 7.15. The fraction of sp³-hybridized carbons (Fsp3) is 0.529. The molecule has 0 aliphatic carbocycles. The highest BCUT2D eigenvalue weighted by Crippen LogP contribution is 2.26. The van der Waals surface area contributed by atoms with E-state index in [0.29, 0.717) is 6.04 Å². The smallest absolute Gasteiger partial charge is 0.122 e. The molecule has 106 valence electrons. The van der Waals surface area contributed by atoms with Crippen molar-refractivity contribution in [3.05, 3.63) is 42.0 Å². The second-order valence-corrected chi connectivity index (χ2v) is 5.00. The second-order valence-electron chi connectivity index (χ2n) is 5.00. The third kappa shape index (κ3) is 5.07. The molecule has 1 aromatic carbocycles. The van der Waals surface area contributed by atoms with Gasteiger partial charge < -0.3 is 10.1 Å². The molecule has 2 heteroatoms. The van der Waals surface area contributed by atoms with Crippen LogP contribution in [-0.4, -0.2) is 14.2 Å². The Morgan fingerprint density at radius 1 is 1.32 bits per heavy atom. The highest BCUT2D eigenvalue weighted by atomic mass is 16.5. The van der Waals surface area contributed by atoms with Gasteiger partial charge in [0.1, 0.15) is 5.75 Å². The fourth-order valence-corrected chi connectivity index (χ4v) is 2.34. The van der Waals surface area contributed by atoms with Gasteiger partial charge in [0, 0.05) is 6.04 Å². The van der Waals surface area contributed by atoms with Gasteiger partial charge >= 0.3 is 0 Å². The van der Waals surface area contributed by atoms with Crippen LogP contribution in [-0.2, 0) is 0 Å². The topological polar surface area (TPSA) is 21.3 Å². The monoisotopic (exact) mass is 261 g/mol. The summed E-state index contributed by atoms with van der Waals surface area (Å²) >= 11 is 0. The zero-order valence-corrected chi connectivity index (χ0v) is 12.5. The minimum Gasteiger partial charge on any atom is -0.496 e. The standard InChI is InChI=1S/C17H27NO/c1-5-6-7-8-9-10-16(18-3)15-12-11-14(2)17(13-15)19-4/h5,11-13,16,18H,1,6-10H2,2-4H3. The van der Waals surface area contributed by atoms with Crippen LogP contribution in [0.4, 0.5) is 0 Å². The van der Waals surface area contributed by atoms with Crippen molar-refractivity contribution < 1.29 is 4.74 Å². The molecule has 1 unspecified atom stereocenters. The lowest BCUT2D eigenvalue weighted by Crippen LogP contribution is -2.16. The maximum absolute atomic E-state index is 5.40. The van der Waals surface area contributed by atoms with Crippen molar-refractivity contribution in [3.8, 4) is 5.75 Å². The lowest BCUT2D eigenvalue weighted by atomic mass is 9.98. The minimum absolute atomic E-state index is 0.415. The van der Waals surface area contributed by atoms with Gasteiger partial charge in [0.25, 0.3) is 0 Å². The number of ether oxygens (including phenoxy) is 1. The van der Waals surface area contributed by atoms with Crippen LogP contribution in [0.1, 0.15) is 49.3 Å². The summed E-state index contributed by atoms with van der Waals surface area (Å²) in [4.78, 5) is 0. The van der Waals surface area contributed by atoms with E-state index in [0.717, 1.165) is 12.2 Å². The van der Waals surface area contributed by atoms with Gasteiger partial charge in [-0.1, -0.05) is 31.1 Å². The van der Waals surface area contributed by atoms with Crippen molar-refractivity contribution in [1.29, 1.82) is 0 Å². The van der Waals surface area contributed by atoms with E-state index < -0.39 is 0 Å². The first-order chi connectivity index (χ1) is 9.22. The maximum atomic E-state index is 5.40. The number of hydrogen-bond acceptors (Lipinski definition) is 2. The molecule has 1 N–H and O–H groups in total. The van der Waals surface area contributed by atoms with Gasteiger partial charge in [0.15, 0.2) is 0 Å². The number of rotatable bonds is 9. The summed E-state index contributed by atoms with van der Waals surface area (Å²) in [5.74, 6) is 0.976. The van der Waals surface area contributed by atoms with E-state index in [9.17, 15) is 0 Å². The van der Waals surface area contributed by atoms with E-state index >= 15 is 0 Å². The summed E-state index contributed by atoms with van der Waals surface area (Å²) in [6.07, 6.45) is 8.06. The Bertz CT molecular complexity index is 387. The summed E-state index contributed by atoms with van der Waals surface area (Å²) in [7, 11) is 3.76. The van der Waals surface area contributed by atoms with Gasteiger partial charge in [-0.3, -0.25) is 0 Å². The molecule has 0 spiro atoms. The SMILES string of the molecule is C=CCCCCCC(NC)c1ccc(C)c(OC)c1. The van der Waals surface area contributed by atoms with Gasteiger partial charge in [-0.05, 0) is 50.4 Å². The molecule has 0 heterocycles. The lowest BCUT2D eigenvalue weighted by molar-refractivity contribution is 0.409. The van der Waals surface area contributed by atoms with Crippen LogP contribution >= 0.6 is 0 Å². The van der Waals surface area contributed by atoms with Crippen LogP contribution in [0.3, 0.4) is 0 Å². The molecule has 0 aliphatic heterocycles. The molecule has 0 bridgehead atoms. The molecular formula is C17H27NO. The highest BCUT2D eigenvalue weighted by Gasteiger charge is 2.10. The Morgan fingerprint density at radius 3 is 2.74 bits per heavy atom. The molecule has 0 amide bonds. The largest absolute Gasteiger partial charge is 0.496 e. The third-order valence-corrected chi connectivity index (χ3v) is 3.58. The van der Waals surface area contributed by atoms with Crippen molar-refractivity contribution in [2.75, 3.05) is 14.2 Å². The molecule has 1 rings (SSSR count). The number of unbranched alkanes of at least 4 members (excludes halogenated alkanes) is 3. The van der Waals surface area contributed by atoms with Crippen LogP contribution in [0.25, 0.3) is 0 Å². The summed E-state index contributed by atoms with van der Waals surface area (Å²) in [5.41, 5.74) is 2.50. The van der Waals surface area contributed by atoms with E-state index in [1.165, 1.54) is 36.8 Å². The zero-order valence-electron chi connectivity index (χ0n) is 12.5. The average Bonchev–Trinajstić information content (AvgIpc) is 2.44. The lowest BCUT2D eigenvalue weighted by Gasteiger charge is -2.18. The van der Waals surface area contributed by atoms with Crippen LogP contribution in [0, 0.1) is 6.92 Å². The summed E-state index contributed by atoms with van der Waals surface area (Å²) in [5, 5.41) is 3.40. The van der Waals surface area contributed by atoms with E-state index in [1.807, 2.05) is 13.1 Å². The van der Waals surface area contributed by atoms with E-state index in [2.05, 4.69) is 37.0 Å². The van der Waals surface area contributed by atoms with Crippen molar-refractivity contribution in [2.24, 2.45) is 0 Å². The number of allylic oxidation sites excluding steroid dienone is 1. The van der Waals surface area contributed by atoms with Crippen molar-refractivity contribution >= 4 is 0 Å². The van der Waals surface area contributed by atoms with Gasteiger partial charge in [-0.15, -0.1) is 6.58 Å². The Labute approximate surface area is 117 Å². The molecule has 19 heavy (non-hydrogen) atoms. The molecule has 0 saturated heterocycles. The molecule has 0 aliphatic rings. The van der Waals surface area contributed by atoms with Crippen LogP contribution in [0.15, 0.2) is 30.9 Å². The Hall–Kier alpha value is -1.28. The highest BCUT2D eigenvalue weighted by molar-refractivity contribution is 5.37. The van der Waals surface area contributed by atoms with Crippen molar-refractivity contribution in [3.63, 3.8) is 0 Å². The number of nitrogens with one attached hydrogen (secondary N) is 1. The molecule has 0 saturated carbocycles. The van der Waals surface area contributed by atoms with Gasteiger partial charge in [-0.25, -0.2) is 0 Å². The van der Waals surface area contributed by atoms with Gasteiger partial charge in [-0.2, -0.15) is 0 Å². The van der Waals surface area contributed by atoms with E-state index in [1.54, 1.807) is 7.11 Å². The molecule has 2 nitrogen and oxygen atoms in total. The van der Waals surface area contributed by atoms with Crippen LogP contribution < -0.4 is 10.1 Å². The van der Waals surface area contributed by atoms with Crippen molar-refractivity contribution in [1.82, 2.24) is 5.32 Å². The summed E-state index contributed by atoms with van der Waals surface area (Å²) < 4.78 is 5.40. The quantitative estimate of drug-likeness (QED) is 0.525. The number of aryl methyl sites for hydroxylation is 1. The van der Waals surface area contributed by atoms with E-state index in [-0.39, 0.29) is 0 Å². The van der Waals surface area contributed by atoms with Crippen LogP contribution in [0.2, 0.25) is 0 Å². The Balaban J connectivity index is 2.56. The van der Waals surface area contributed by atoms with Crippen molar-refractivity contribution in [2.45, 2.75) is 45.1 Å². The Kier molecular flexibility index (Phi) is 7.27. The first kappa shape index (κ1) is 15.8. The molecule has 1 atom stereocenters. The number of methoxy groups -OCH3 is 1. The first-order valence-electron chi connectivity index (χ1n) is 7.15. The third-order valence-electron chi connectivity index (χ3n) is 3.58. The summed E-state index contributed by atoms with van der Waals surface area (Å²) in [6.45, 7) is 5.83. The summed E-state index contributed by atoms with van der Waals surface area (Å²) in [6, 6.07) is 6.90. The molecule has 1 aromatic rings. The minimum atomic E-state index is 0.415. The number of hydrogen-bond donors (Lipinski definition) is 1. The predicted molar refractivity (Wildman–Crippen MR) is 82.8 cm³/mol. The fourth-order valence-electron chi connectivity index (χ4n) is 2.34. The molecule has 0 radical (unpaired) electrons.